The van der Waals surface area contributed by atoms with Crippen LogP contribution in [0.1, 0.15) is 57.8 Å². The zero-order valence-electron chi connectivity index (χ0n) is 11.5. The largest absolute Gasteiger partial charge is 0.481 e. The van der Waals surface area contributed by atoms with Crippen LogP contribution < -0.4 is 5.32 Å². The maximum absolute atomic E-state index is 11.6. The summed E-state index contributed by atoms with van der Waals surface area (Å²) in [5, 5.41) is 11.3. The minimum atomic E-state index is -0.753. The van der Waals surface area contributed by atoms with E-state index < -0.39 is 5.97 Å². The second-order valence-corrected chi connectivity index (χ2v) is 5.08. The fourth-order valence-corrected chi connectivity index (χ4v) is 2.22. The second kappa shape index (κ2) is 9.78. The van der Waals surface area contributed by atoms with Crippen LogP contribution >= 0.6 is 0 Å². The van der Waals surface area contributed by atoms with Crippen LogP contribution in [0.2, 0.25) is 0 Å². The highest BCUT2D eigenvalue weighted by atomic mass is 16.5. The van der Waals surface area contributed by atoms with Crippen molar-refractivity contribution in [3.05, 3.63) is 0 Å². The number of ether oxygens (including phenoxy) is 1. The Morgan fingerprint density at radius 1 is 1.16 bits per heavy atom. The molecule has 1 fully saturated rings. The molecule has 1 aliphatic rings. The Hall–Kier alpha value is -1.10. The summed E-state index contributed by atoms with van der Waals surface area (Å²) >= 11 is 0. The number of nitrogens with one attached hydrogen (secondary N) is 1. The average Bonchev–Trinajstić information content (AvgIpc) is 2.41. The molecule has 0 unspecified atom stereocenters. The number of unbranched alkanes of at least 4 members (excludes halogenated alkanes) is 2. The lowest BCUT2D eigenvalue weighted by Gasteiger charge is -2.22. The van der Waals surface area contributed by atoms with Gasteiger partial charge in [-0.2, -0.15) is 0 Å². The molecular weight excluding hydrogens is 246 g/mol. The monoisotopic (exact) mass is 271 g/mol. The molecule has 0 aliphatic carbocycles. The molecule has 0 aromatic carbocycles. The van der Waals surface area contributed by atoms with Crippen molar-refractivity contribution in [2.45, 2.75) is 63.9 Å². The van der Waals surface area contributed by atoms with Gasteiger partial charge in [0.2, 0.25) is 5.91 Å². The highest BCUT2D eigenvalue weighted by Gasteiger charge is 2.14. The molecule has 2 N–H and O–H groups in total. The Bertz CT molecular complexity index is 275. The van der Waals surface area contributed by atoms with E-state index in [1.54, 1.807) is 0 Å². The highest BCUT2D eigenvalue weighted by molar-refractivity contribution is 5.75. The Balaban J connectivity index is 1.91. The molecule has 0 radical (unpaired) electrons. The Morgan fingerprint density at radius 3 is 2.68 bits per heavy atom. The lowest BCUT2D eigenvalue weighted by atomic mass is 10.0. The minimum Gasteiger partial charge on any atom is -0.481 e. The first kappa shape index (κ1) is 16.0. The lowest BCUT2D eigenvalue weighted by molar-refractivity contribution is -0.137. The van der Waals surface area contributed by atoms with Crippen LogP contribution in [0.3, 0.4) is 0 Å². The van der Waals surface area contributed by atoms with E-state index in [2.05, 4.69) is 5.32 Å². The first-order chi connectivity index (χ1) is 9.18. The van der Waals surface area contributed by atoms with E-state index in [1.165, 1.54) is 6.42 Å². The van der Waals surface area contributed by atoms with Crippen LogP contribution in [0.5, 0.6) is 0 Å². The summed E-state index contributed by atoms with van der Waals surface area (Å²) in [7, 11) is 0. The van der Waals surface area contributed by atoms with Crippen molar-refractivity contribution in [1.82, 2.24) is 5.32 Å². The quantitative estimate of drug-likeness (QED) is 0.630. The van der Waals surface area contributed by atoms with E-state index >= 15 is 0 Å². The van der Waals surface area contributed by atoms with E-state index in [4.69, 9.17) is 9.84 Å². The molecule has 5 heteroatoms. The van der Waals surface area contributed by atoms with Gasteiger partial charge in [0.1, 0.15) is 0 Å². The van der Waals surface area contributed by atoms with Gasteiger partial charge in [-0.25, -0.2) is 0 Å². The minimum absolute atomic E-state index is 0.0763. The molecule has 19 heavy (non-hydrogen) atoms. The van der Waals surface area contributed by atoms with Crippen LogP contribution in [0, 0.1) is 0 Å². The lowest BCUT2D eigenvalue weighted by Crippen LogP contribution is -2.27. The summed E-state index contributed by atoms with van der Waals surface area (Å²) in [5.41, 5.74) is 0. The standard InChI is InChI=1S/C14H25NO4/c16-13(9-8-12-6-3-5-11-19-12)15-10-4-1-2-7-14(17)18/h12H,1-11H2,(H,15,16)(H,17,18)/t12-/m0/s1. The number of carbonyl (C=O) groups excluding carboxylic acids is 1. The third-order valence-corrected chi connectivity index (χ3v) is 3.36. The summed E-state index contributed by atoms with van der Waals surface area (Å²) < 4.78 is 5.57. The molecule has 1 heterocycles. The van der Waals surface area contributed by atoms with Gasteiger partial charge in [0.15, 0.2) is 0 Å². The third-order valence-electron chi connectivity index (χ3n) is 3.36. The summed E-state index contributed by atoms with van der Waals surface area (Å²) in [5.74, 6) is -0.677. The van der Waals surface area contributed by atoms with Crippen LogP contribution in [0.15, 0.2) is 0 Å². The van der Waals surface area contributed by atoms with Gasteiger partial charge in [0, 0.05) is 26.0 Å². The maximum atomic E-state index is 11.6. The number of carboxylic acid groups (broad SMARTS) is 1. The topological polar surface area (TPSA) is 75.6 Å². The SMILES string of the molecule is O=C(O)CCCCCNC(=O)CC[C@@H]1CCCCO1. The smallest absolute Gasteiger partial charge is 0.303 e. The van der Waals surface area contributed by atoms with Crippen LogP contribution in [-0.2, 0) is 14.3 Å². The number of aliphatic carboxylic acids is 1. The molecule has 1 aliphatic heterocycles. The van der Waals surface area contributed by atoms with E-state index in [1.807, 2.05) is 0 Å². The summed E-state index contributed by atoms with van der Waals surface area (Å²) in [6, 6.07) is 0. The maximum Gasteiger partial charge on any atom is 0.303 e. The van der Waals surface area contributed by atoms with Gasteiger partial charge in [-0.1, -0.05) is 6.42 Å². The molecule has 1 saturated heterocycles. The molecule has 1 atom stereocenters. The van der Waals surface area contributed by atoms with Gasteiger partial charge in [-0.15, -0.1) is 0 Å². The van der Waals surface area contributed by atoms with Crippen LogP contribution in [-0.4, -0.2) is 36.2 Å². The fraction of sp³-hybridized carbons (Fsp3) is 0.857. The van der Waals surface area contributed by atoms with Crippen molar-refractivity contribution < 1.29 is 19.4 Å². The zero-order chi connectivity index (χ0) is 13.9. The molecule has 1 amide bonds. The van der Waals surface area contributed by atoms with Crippen molar-refractivity contribution in [3.8, 4) is 0 Å². The molecule has 0 aromatic heterocycles. The normalized spacial score (nSPS) is 19.1. The Labute approximate surface area is 114 Å². The van der Waals surface area contributed by atoms with Crippen molar-refractivity contribution in [3.63, 3.8) is 0 Å². The van der Waals surface area contributed by atoms with Gasteiger partial charge in [-0.05, 0) is 38.5 Å². The molecule has 0 saturated carbocycles. The summed E-state index contributed by atoms with van der Waals surface area (Å²) in [4.78, 5) is 21.9. The second-order valence-electron chi connectivity index (χ2n) is 5.08. The Kier molecular flexibility index (Phi) is 8.21. The number of carbonyl (C=O) groups is 2. The number of amides is 1. The molecule has 110 valence electrons. The van der Waals surface area contributed by atoms with Crippen molar-refractivity contribution in [2.24, 2.45) is 0 Å². The van der Waals surface area contributed by atoms with Crippen molar-refractivity contribution in [2.75, 3.05) is 13.2 Å². The van der Waals surface area contributed by atoms with E-state index in [0.717, 1.165) is 38.7 Å². The summed E-state index contributed by atoms with van der Waals surface area (Å²) in [6.07, 6.45) is 7.60. The molecular formula is C14H25NO4. The number of hydrogen-bond acceptors (Lipinski definition) is 3. The van der Waals surface area contributed by atoms with E-state index in [-0.39, 0.29) is 18.4 Å². The first-order valence-electron chi connectivity index (χ1n) is 7.28. The van der Waals surface area contributed by atoms with Gasteiger partial charge >= 0.3 is 5.97 Å². The fourth-order valence-electron chi connectivity index (χ4n) is 2.22. The number of hydrogen-bond donors (Lipinski definition) is 2. The zero-order valence-corrected chi connectivity index (χ0v) is 11.5. The van der Waals surface area contributed by atoms with Crippen molar-refractivity contribution in [1.29, 1.82) is 0 Å². The Morgan fingerprint density at radius 2 is 2.00 bits per heavy atom. The molecule has 5 nitrogen and oxygen atoms in total. The molecule has 0 aromatic rings. The van der Waals surface area contributed by atoms with Crippen LogP contribution in [0.25, 0.3) is 0 Å². The molecule has 0 spiro atoms. The summed E-state index contributed by atoms with van der Waals surface area (Å²) in [6.45, 7) is 1.47. The predicted octanol–water partition coefficient (Wildman–Crippen LogP) is 2.10. The van der Waals surface area contributed by atoms with Crippen LogP contribution in [0.4, 0.5) is 0 Å². The number of rotatable bonds is 9. The molecule has 0 bridgehead atoms. The van der Waals surface area contributed by atoms with Gasteiger partial charge < -0.3 is 15.2 Å². The van der Waals surface area contributed by atoms with Gasteiger partial charge in [-0.3, -0.25) is 9.59 Å². The average molecular weight is 271 g/mol. The number of carboxylic acids is 1. The van der Waals surface area contributed by atoms with Gasteiger partial charge in [0.25, 0.3) is 0 Å². The van der Waals surface area contributed by atoms with E-state index in [0.29, 0.717) is 19.4 Å². The molecule has 1 rings (SSSR count). The van der Waals surface area contributed by atoms with E-state index in [9.17, 15) is 9.59 Å². The predicted molar refractivity (Wildman–Crippen MR) is 71.9 cm³/mol. The highest BCUT2D eigenvalue weighted by Crippen LogP contribution is 2.16. The first-order valence-corrected chi connectivity index (χ1v) is 7.28. The third kappa shape index (κ3) is 8.59. The van der Waals surface area contributed by atoms with Gasteiger partial charge in [0.05, 0.1) is 6.10 Å². The van der Waals surface area contributed by atoms with Crippen molar-refractivity contribution >= 4 is 11.9 Å².